The topological polar surface area (TPSA) is 46.1 Å². The number of aliphatic imine (C=N–C) groups is 1. The van der Waals surface area contributed by atoms with Gasteiger partial charge in [0.1, 0.15) is 0 Å². The average Bonchev–Trinajstić information content (AvgIpc) is 3.46. The molecule has 1 fully saturated rings. The van der Waals surface area contributed by atoms with Crippen LogP contribution >= 0.6 is 0 Å². The van der Waals surface area contributed by atoms with E-state index in [2.05, 4.69) is 34.4 Å². The molecular formula is C20H33N3O2. The van der Waals surface area contributed by atoms with Crippen molar-refractivity contribution in [2.75, 3.05) is 47.0 Å². The Bertz CT molecular complexity index is 489. The van der Waals surface area contributed by atoms with E-state index in [-0.39, 0.29) is 0 Å². The number of ether oxygens (including phenoxy) is 2. The third-order valence-corrected chi connectivity index (χ3v) is 4.31. The highest BCUT2D eigenvalue weighted by Gasteiger charge is 2.21. The number of rotatable bonds is 12. The number of unbranched alkanes of at least 4 members (excludes halogenated alkanes) is 1. The average molecular weight is 348 g/mol. The predicted octanol–water partition coefficient (Wildman–Crippen LogP) is 2.92. The first kappa shape index (κ1) is 19.7. The molecule has 0 amide bonds. The van der Waals surface area contributed by atoms with Crippen molar-refractivity contribution in [3.8, 4) is 0 Å². The van der Waals surface area contributed by atoms with Crippen LogP contribution in [0.25, 0.3) is 0 Å². The first-order valence-electron chi connectivity index (χ1n) is 9.41. The molecule has 0 bridgehead atoms. The van der Waals surface area contributed by atoms with Crippen LogP contribution in [0.2, 0.25) is 0 Å². The smallest absolute Gasteiger partial charge is 0.193 e. The van der Waals surface area contributed by atoms with Gasteiger partial charge in [0, 0.05) is 40.4 Å². The maximum Gasteiger partial charge on any atom is 0.193 e. The number of nitrogens with one attached hydrogen (secondary N) is 1. The van der Waals surface area contributed by atoms with E-state index in [0.717, 1.165) is 57.6 Å². The van der Waals surface area contributed by atoms with Crippen molar-refractivity contribution in [1.82, 2.24) is 10.2 Å². The first-order chi connectivity index (χ1) is 12.3. The molecule has 0 spiro atoms. The van der Waals surface area contributed by atoms with E-state index in [4.69, 9.17) is 9.47 Å². The van der Waals surface area contributed by atoms with Crippen molar-refractivity contribution in [3.63, 3.8) is 0 Å². The summed E-state index contributed by atoms with van der Waals surface area (Å²) >= 11 is 0. The van der Waals surface area contributed by atoms with Crippen LogP contribution in [-0.4, -0.2) is 57.9 Å². The summed E-state index contributed by atoms with van der Waals surface area (Å²) in [6.07, 6.45) is 4.80. The minimum Gasteiger partial charge on any atom is -0.379 e. The SMILES string of the molecule is CN=C(NCCCCOCc1ccccc1)N(C)CCOCC1CC1. The van der Waals surface area contributed by atoms with Crippen LogP contribution in [0, 0.1) is 5.92 Å². The second-order valence-electron chi connectivity index (χ2n) is 6.66. The van der Waals surface area contributed by atoms with Crippen LogP contribution < -0.4 is 5.32 Å². The number of likely N-dealkylation sites (N-methyl/N-ethyl adjacent to an activating group) is 1. The maximum absolute atomic E-state index is 5.71. The molecule has 1 aromatic rings. The third kappa shape index (κ3) is 8.89. The van der Waals surface area contributed by atoms with Crippen LogP contribution in [0.5, 0.6) is 0 Å². The van der Waals surface area contributed by atoms with E-state index in [0.29, 0.717) is 6.61 Å². The highest BCUT2D eigenvalue weighted by molar-refractivity contribution is 5.79. The molecule has 2 rings (SSSR count). The molecule has 140 valence electrons. The Hall–Kier alpha value is -1.59. The molecule has 1 aliphatic rings. The zero-order chi connectivity index (χ0) is 17.7. The van der Waals surface area contributed by atoms with E-state index in [9.17, 15) is 0 Å². The summed E-state index contributed by atoms with van der Waals surface area (Å²) in [4.78, 5) is 6.46. The third-order valence-electron chi connectivity index (χ3n) is 4.31. The Kier molecular flexibility index (Phi) is 9.37. The van der Waals surface area contributed by atoms with Gasteiger partial charge in [-0.3, -0.25) is 4.99 Å². The van der Waals surface area contributed by atoms with Gasteiger partial charge in [-0.1, -0.05) is 30.3 Å². The molecule has 0 radical (unpaired) electrons. The Morgan fingerprint density at radius 1 is 1.16 bits per heavy atom. The van der Waals surface area contributed by atoms with E-state index in [1.807, 2.05) is 25.2 Å². The molecule has 5 heteroatoms. The lowest BCUT2D eigenvalue weighted by Gasteiger charge is -2.22. The highest BCUT2D eigenvalue weighted by atomic mass is 16.5. The Morgan fingerprint density at radius 2 is 1.96 bits per heavy atom. The zero-order valence-electron chi connectivity index (χ0n) is 15.7. The standard InChI is InChI=1S/C20H33N3O2/c1-21-20(23(2)13-15-25-17-19-10-11-19)22-12-6-7-14-24-16-18-8-4-3-5-9-18/h3-5,8-9,19H,6-7,10-17H2,1-2H3,(H,21,22). The molecule has 0 heterocycles. The second kappa shape index (κ2) is 11.9. The first-order valence-corrected chi connectivity index (χ1v) is 9.41. The molecule has 1 aromatic carbocycles. The molecule has 1 aliphatic carbocycles. The molecular weight excluding hydrogens is 314 g/mol. The fourth-order valence-corrected chi connectivity index (χ4v) is 2.52. The highest BCUT2D eigenvalue weighted by Crippen LogP contribution is 2.28. The van der Waals surface area contributed by atoms with Gasteiger partial charge in [0.15, 0.2) is 5.96 Å². The Balaban J connectivity index is 1.45. The van der Waals surface area contributed by atoms with Crippen molar-refractivity contribution in [2.24, 2.45) is 10.9 Å². The number of nitrogens with zero attached hydrogens (tertiary/aromatic N) is 2. The molecule has 1 N–H and O–H groups in total. The maximum atomic E-state index is 5.71. The van der Waals surface area contributed by atoms with Gasteiger partial charge in [-0.25, -0.2) is 0 Å². The Morgan fingerprint density at radius 3 is 2.68 bits per heavy atom. The summed E-state index contributed by atoms with van der Waals surface area (Å²) in [5.74, 6) is 1.76. The van der Waals surface area contributed by atoms with Gasteiger partial charge >= 0.3 is 0 Å². The monoisotopic (exact) mass is 347 g/mol. The van der Waals surface area contributed by atoms with Gasteiger partial charge in [0.25, 0.3) is 0 Å². The quantitative estimate of drug-likeness (QED) is 0.359. The lowest BCUT2D eigenvalue weighted by molar-refractivity contribution is 0.114. The summed E-state index contributed by atoms with van der Waals surface area (Å²) in [5.41, 5.74) is 1.23. The van der Waals surface area contributed by atoms with E-state index in [1.54, 1.807) is 0 Å². The summed E-state index contributed by atoms with van der Waals surface area (Å²) in [6, 6.07) is 10.3. The molecule has 0 aromatic heterocycles. The number of benzene rings is 1. The molecule has 0 saturated heterocycles. The number of guanidine groups is 1. The molecule has 0 aliphatic heterocycles. The fraction of sp³-hybridized carbons (Fsp3) is 0.650. The molecule has 25 heavy (non-hydrogen) atoms. The van der Waals surface area contributed by atoms with Gasteiger partial charge in [-0.05, 0) is 37.2 Å². The van der Waals surface area contributed by atoms with Gasteiger partial charge in [0.05, 0.1) is 13.2 Å². The zero-order valence-corrected chi connectivity index (χ0v) is 15.7. The lowest BCUT2D eigenvalue weighted by atomic mass is 10.2. The molecule has 5 nitrogen and oxygen atoms in total. The summed E-state index contributed by atoms with van der Waals surface area (Å²) < 4.78 is 11.4. The minimum absolute atomic E-state index is 0.694. The summed E-state index contributed by atoms with van der Waals surface area (Å²) in [5, 5.41) is 3.40. The molecule has 0 atom stereocenters. The molecule has 1 saturated carbocycles. The number of hydrogen-bond acceptors (Lipinski definition) is 3. The lowest BCUT2D eigenvalue weighted by Crippen LogP contribution is -2.41. The number of hydrogen-bond donors (Lipinski definition) is 1. The summed E-state index contributed by atoms with van der Waals surface area (Å²) in [7, 11) is 3.88. The normalized spacial score (nSPS) is 14.6. The van der Waals surface area contributed by atoms with Crippen LogP contribution in [0.4, 0.5) is 0 Å². The van der Waals surface area contributed by atoms with Crippen molar-refractivity contribution < 1.29 is 9.47 Å². The van der Waals surface area contributed by atoms with Gasteiger partial charge < -0.3 is 19.7 Å². The predicted molar refractivity (Wildman–Crippen MR) is 103 cm³/mol. The van der Waals surface area contributed by atoms with E-state index >= 15 is 0 Å². The van der Waals surface area contributed by atoms with Crippen LogP contribution in [-0.2, 0) is 16.1 Å². The van der Waals surface area contributed by atoms with Gasteiger partial charge in [-0.15, -0.1) is 0 Å². The van der Waals surface area contributed by atoms with Crippen molar-refractivity contribution >= 4 is 5.96 Å². The van der Waals surface area contributed by atoms with Crippen molar-refractivity contribution in [1.29, 1.82) is 0 Å². The minimum atomic E-state index is 0.694. The fourth-order valence-electron chi connectivity index (χ4n) is 2.52. The second-order valence-corrected chi connectivity index (χ2v) is 6.66. The van der Waals surface area contributed by atoms with Crippen molar-refractivity contribution in [2.45, 2.75) is 32.3 Å². The largest absolute Gasteiger partial charge is 0.379 e. The van der Waals surface area contributed by atoms with Crippen LogP contribution in [0.3, 0.4) is 0 Å². The molecule has 0 unspecified atom stereocenters. The van der Waals surface area contributed by atoms with Crippen LogP contribution in [0.15, 0.2) is 35.3 Å². The van der Waals surface area contributed by atoms with Gasteiger partial charge in [-0.2, -0.15) is 0 Å². The van der Waals surface area contributed by atoms with E-state index < -0.39 is 0 Å². The van der Waals surface area contributed by atoms with Gasteiger partial charge in [0.2, 0.25) is 0 Å². The summed E-state index contributed by atoms with van der Waals surface area (Å²) in [6.45, 7) is 4.95. The van der Waals surface area contributed by atoms with E-state index in [1.165, 1.54) is 18.4 Å². The van der Waals surface area contributed by atoms with Crippen LogP contribution in [0.1, 0.15) is 31.2 Å². The Labute approximate surface area is 152 Å². The van der Waals surface area contributed by atoms with Crippen molar-refractivity contribution in [3.05, 3.63) is 35.9 Å².